The summed E-state index contributed by atoms with van der Waals surface area (Å²) >= 11 is 30.7. The van der Waals surface area contributed by atoms with Crippen molar-refractivity contribution in [2.45, 2.75) is 12.8 Å². The van der Waals surface area contributed by atoms with Crippen molar-refractivity contribution in [2.75, 3.05) is 169 Å². The molecule has 0 aromatic rings. The van der Waals surface area contributed by atoms with E-state index < -0.39 is 38.6 Å². The van der Waals surface area contributed by atoms with Crippen molar-refractivity contribution < 1.29 is 80.8 Å². The van der Waals surface area contributed by atoms with Crippen LogP contribution in [-0.2, 0) is 80.8 Å². The van der Waals surface area contributed by atoms with Gasteiger partial charge in [0, 0.05) is 17.3 Å². The van der Waals surface area contributed by atoms with Gasteiger partial charge in [-0.2, -0.15) is 0 Å². The minimum Gasteiger partial charge on any atom is -0.485 e. The maximum atomic E-state index is 12.1. The Labute approximate surface area is 447 Å². The first-order chi connectivity index (χ1) is 33.7. The van der Waals surface area contributed by atoms with E-state index in [2.05, 4.69) is 5.41 Å². The van der Waals surface area contributed by atoms with E-state index >= 15 is 0 Å². The molecule has 4 rings (SSSR count). The fourth-order valence-electron chi connectivity index (χ4n) is 5.07. The molecule has 0 unspecified atom stereocenters. The highest BCUT2D eigenvalue weighted by molar-refractivity contribution is 8.43. The molecule has 0 spiro atoms. The van der Waals surface area contributed by atoms with Crippen LogP contribution in [-0.4, -0.2) is 193 Å². The number of hydrogen-bond donors (Lipinski definition) is 0. The second-order valence-electron chi connectivity index (χ2n) is 13.4. The molecule has 0 saturated heterocycles. The molecule has 0 radical (unpaired) electrons. The quantitative estimate of drug-likeness (QED) is 0.0331. The van der Waals surface area contributed by atoms with Crippen LogP contribution in [0.2, 0.25) is 0 Å². The first-order valence-corrected chi connectivity index (χ1v) is 29.2. The number of carbonyl (C=O) groups excluding carboxylic acids is 4. The number of Topliss-reactive ketones (excluding diaryl/α,β-unsaturated/α-hetero) is 2. The third kappa shape index (κ3) is 26.7. The van der Waals surface area contributed by atoms with E-state index in [-0.39, 0.29) is 64.8 Å². The second kappa shape index (κ2) is 39.2. The van der Waals surface area contributed by atoms with Gasteiger partial charge in [0.1, 0.15) is 34.9 Å². The van der Waals surface area contributed by atoms with E-state index in [1.165, 1.54) is 32.7 Å². The van der Waals surface area contributed by atoms with Gasteiger partial charge >= 0.3 is 11.9 Å². The van der Waals surface area contributed by atoms with Crippen molar-refractivity contribution in [3.8, 4) is 0 Å². The number of thioether (sulfide) groups is 7. The van der Waals surface area contributed by atoms with Crippen LogP contribution in [0, 0.1) is 0 Å². The molecule has 0 bridgehead atoms. The average Bonchev–Trinajstić information content (AvgIpc) is 4.02. The summed E-state index contributed by atoms with van der Waals surface area (Å²) < 4.78 is 77.3. The molecular weight excluding hydrogens is 1110 g/mol. The van der Waals surface area contributed by atoms with Crippen LogP contribution in [0.3, 0.4) is 0 Å². The first kappa shape index (κ1) is 61.2. The number of halogens is 3. The van der Waals surface area contributed by atoms with Crippen molar-refractivity contribution in [1.82, 2.24) is 0 Å². The van der Waals surface area contributed by atoms with Crippen molar-refractivity contribution in [1.29, 1.82) is 0 Å². The van der Waals surface area contributed by atoms with Crippen LogP contribution >= 0.6 is 117 Å². The number of hydrogen-bond acceptors (Lipinski definition) is 24. The molecule has 0 fully saturated rings. The molecule has 27 heteroatoms. The molecule has 3 heterocycles. The van der Waals surface area contributed by atoms with E-state index in [9.17, 15) is 19.2 Å². The van der Waals surface area contributed by atoms with E-state index in [1.54, 1.807) is 0 Å². The number of carbonyl (C=O) groups is 4. The lowest BCUT2D eigenvalue weighted by molar-refractivity contribution is -0.152. The molecule has 3 aliphatic heterocycles. The average molecular weight is 1160 g/mol. The second-order valence-corrected chi connectivity index (χ2v) is 23.1. The molecule has 0 atom stereocenters. The summed E-state index contributed by atoms with van der Waals surface area (Å²) in [5.74, 6) is 0.391. The fourth-order valence-corrected chi connectivity index (χ4v) is 15.6. The predicted molar refractivity (Wildman–Crippen MR) is 277 cm³/mol. The van der Waals surface area contributed by atoms with E-state index in [0.717, 1.165) is 5.75 Å². The Kier molecular flexibility index (Phi) is 34.8. The van der Waals surface area contributed by atoms with Crippen LogP contribution in [0.1, 0.15) is 12.8 Å². The maximum absolute atomic E-state index is 12.1. The first-order valence-electron chi connectivity index (χ1n) is 21.8. The monoisotopic (exact) mass is 1160 g/mol. The van der Waals surface area contributed by atoms with Crippen molar-refractivity contribution in [3.63, 3.8) is 0 Å². The lowest BCUT2D eigenvalue weighted by Gasteiger charge is -2.15. The van der Waals surface area contributed by atoms with Crippen molar-refractivity contribution in [2.24, 2.45) is 0 Å². The fraction of sp³-hybridized carbons (Fsp3) is 0.667. The highest BCUT2D eigenvalue weighted by Gasteiger charge is 2.34. The Morgan fingerprint density at radius 1 is 0.449 bits per heavy atom. The summed E-state index contributed by atoms with van der Waals surface area (Å²) in [5, 5.41) is 0.948. The van der Waals surface area contributed by atoms with Crippen LogP contribution in [0.5, 0.6) is 0 Å². The summed E-state index contributed by atoms with van der Waals surface area (Å²) in [7, 11) is 0. The van der Waals surface area contributed by atoms with Crippen molar-refractivity contribution in [3.05, 3.63) is 47.4 Å². The minimum absolute atomic E-state index is 0.0327. The summed E-state index contributed by atoms with van der Waals surface area (Å²) in [6.07, 6.45) is -0.198. The summed E-state index contributed by atoms with van der Waals surface area (Å²) in [5.41, 5.74) is 0. The zero-order valence-corrected chi connectivity index (χ0v) is 45.8. The smallest absolute Gasteiger partial charge is 0.306 e. The number of allylic oxidation sites excluding steroid dienone is 3. The summed E-state index contributed by atoms with van der Waals surface area (Å²) in [4.78, 5) is 47.7. The molecule has 4 aliphatic rings. The molecule has 0 N–H and O–H groups in total. The number of esters is 2. The topological polar surface area (TPSA) is 188 Å². The Bertz CT molecular complexity index is 1750. The molecule has 69 heavy (non-hydrogen) atoms. The third-order valence-corrected chi connectivity index (χ3v) is 19.5. The van der Waals surface area contributed by atoms with Gasteiger partial charge < -0.3 is 61.6 Å². The van der Waals surface area contributed by atoms with Crippen LogP contribution < -0.4 is 0 Å². The van der Waals surface area contributed by atoms with E-state index in [1.807, 2.05) is 82.3 Å². The molecule has 1 aliphatic carbocycles. The van der Waals surface area contributed by atoms with E-state index in [0.29, 0.717) is 106 Å². The van der Waals surface area contributed by atoms with Gasteiger partial charge in [-0.1, -0.05) is 81.9 Å². The zero-order valence-electron chi connectivity index (χ0n) is 37.8. The molecular formula is C42H57Cl3O17S7. The van der Waals surface area contributed by atoms with Crippen LogP contribution in [0.25, 0.3) is 0 Å². The maximum Gasteiger partial charge on any atom is 0.306 e. The molecule has 0 amide bonds. The van der Waals surface area contributed by atoms with Gasteiger partial charge in [-0.15, -0.1) is 35.3 Å². The predicted octanol–water partition coefficient (Wildman–Crippen LogP) is 7.55. The molecule has 0 saturated carbocycles. The standard InChI is InChI=1S/C42H57Cl3O17S7/c43-33-34(44)37(49)38(35(45)36(33)48)62-24-21-58-16-13-54-8-5-50-3-6-52-11-14-56-19-22-60-30(46)1-2-31(47)61-23-20-57-15-12-53-7-4-51-9-10-55-17-18-59-25-26-63-32-29-66-41(67-32)42-68-39-40(69-42)65-28-27-64-39/h29H,1-28H2. The molecule has 0 aromatic heterocycles. The molecule has 390 valence electrons. The zero-order chi connectivity index (χ0) is 49.2. The molecule has 0 aromatic carbocycles. The highest BCUT2D eigenvalue weighted by Crippen LogP contribution is 2.64. The van der Waals surface area contributed by atoms with Gasteiger partial charge in [0.2, 0.25) is 11.6 Å². The van der Waals surface area contributed by atoms with Crippen molar-refractivity contribution >= 4 is 141 Å². The lowest BCUT2D eigenvalue weighted by atomic mass is 10.1. The van der Waals surface area contributed by atoms with Gasteiger partial charge in [-0.05, 0) is 5.41 Å². The van der Waals surface area contributed by atoms with Gasteiger partial charge in [0.15, 0.2) is 5.76 Å². The van der Waals surface area contributed by atoms with Gasteiger partial charge in [-0.3, -0.25) is 19.2 Å². The lowest BCUT2D eigenvalue weighted by Crippen LogP contribution is -2.21. The van der Waals surface area contributed by atoms with Gasteiger partial charge in [0.05, 0.1) is 166 Å². The SMILES string of the molecule is O=C(CCC(=O)OCCOCCOCCOCCOCCOCCSC1=CSC(=C2SC3=C(SCCS3)S2)S1)OCCOCCOCCOCCOCCOCCOC1=C(Cl)C(=O)C(Cl)=C(Cl)C1=O. The van der Waals surface area contributed by atoms with Crippen LogP contribution in [0.15, 0.2) is 47.4 Å². The summed E-state index contributed by atoms with van der Waals surface area (Å²) in [6, 6.07) is 0. The number of ether oxygens (including phenoxy) is 13. The highest BCUT2D eigenvalue weighted by atomic mass is 35.5. The Morgan fingerprint density at radius 2 is 0.826 bits per heavy atom. The van der Waals surface area contributed by atoms with E-state index in [4.69, 9.17) is 96.4 Å². The Balaban J connectivity index is 0.774. The minimum atomic E-state index is -0.776. The summed E-state index contributed by atoms with van der Waals surface area (Å²) in [6.45, 7) is 7.58. The van der Waals surface area contributed by atoms with Gasteiger partial charge in [0.25, 0.3) is 0 Å². The normalized spacial score (nSPS) is 16.3. The number of ketones is 2. The largest absolute Gasteiger partial charge is 0.485 e. The Morgan fingerprint density at radius 3 is 1.26 bits per heavy atom. The molecule has 17 nitrogen and oxygen atoms in total. The van der Waals surface area contributed by atoms with Gasteiger partial charge in [-0.25, -0.2) is 0 Å². The third-order valence-electron chi connectivity index (χ3n) is 8.34. The number of rotatable bonds is 41. The van der Waals surface area contributed by atoms with Crippen LogP contribution in [0.4, 0.5) is 0 Å². The Hall–Kier alpha value is -0.300.